The van der Waals surface area contributed by atoms with E-state index in [2.05, 4.69) is 0 Å². The average molecular weight is 561 g/mol. The van der Waals surface area contributed by atoms with Gasteiger partial charge in [0.25, 0.3) is 0 Å². The van der Waals surface area contributed by atoms with Crippen molar-refractivity contribution in [3.05, 3.63) is 101 Å². The molecule has 39 heavy (non-hydrogen) atoms. The van der Waals surface area contributed by atoms with Crippen LogP contribution in [0.1, 0.15) is 29.2 Å². The van der Waals surface area contributed by atoms with E-state index in [-0.39, 0.29) is 35.2 Å². The van der Waals surface area contributed by atoms with E-state index in [1.54, 1.807) is 21.7 Å². The van der Waals surface area contributed by atoms with Crippen LogP contribution in [-0.2, 0) is 9.59 Å². The second-order valence-corrected chi connectivity index (χ2v) is 11.1. The predicted molar refractivity (Wildman–Crippen MR) is 153 cm³/mol. The largest absolute Gasteiger partial charge is 0.341 e. The van der Waals surface area contributed by atoms with Gasteiger partial charge in [0.1, 0.15) is 18.2 Å². The molecule has 3 heterocycles. The fourth-order valence-corrected chi connectivity index (χ4v) is 6.77. The molecule has 1 aromatic heterocycles. The highest BCUT2D eigenvalue weighted by Crippen LogP contribution is 2.49. The number of rotatable bonds is 5. The van der Waals surface area contributed by atoms with Gasteiger partial charge in [-0.2, -0.15) is 5.10 Å². The number of benzene rings is 3. The lowest BCUT2D eigenvalue weighted by Gasteiger charge is -2.25. The van der Waals surface area contributed by atoms with Crippen molar-refractivity contribution in [3.8, 4) is 16.9 Å². The smallest absolute Gasteiger partial charge is 0.242 e. The van der Waals surface area contributed by atoms with Crippen LogP contribution in [0.4, 0.5) is 10.2 Å². The fraction of sp³-hybridized carbons (Fsp3) is 0.233. The highest BCUT2D eigenvalue weighted by molar-refractivity contribution is 8.00. The van der Waals surface area contributed by atoms with Crippen LogP contribution in [0.15, 0.2) is 78.9 Å². The third-order valence-electron chi connectivity index (χ3n) is 7.15. The Balaban J connectivity index is 1.61. The van der Waals surface area contributed by atoms with Gasteiger partial charge in [-0.3, -0.25) is 14.5 Å². The minimum atomic E-state index is -0.373. The van der Waals surface area contributed by atoms with E-state index < -0.39 is 0 Å². The van der Waals surface area contributed by atoms with Crippen LogP contribution < -0.4 is 4.90 Å². The molecule has 0 bridgehead atoms. The molecule has 6 rings (SSSR count). The van der Waals surface area contributed by atoms with Gasteiger partial charge in [0, 0.05) is 29.2 Å². The van der Waals surface area contributed by atoms with Crippen LogP contribution in [0.25, 0.3) is 16.9 Å². The molecule has 1 fully saturated rings. The predicted octanol–water partition coefficient (Wildman–Crippen LogP) is 6.12. The average Bonchev–Trinajstić information content (AvgIpc) is 3.60. The molecule has 4 aromatic rings. The Labute approximate surface area is 235 Å². The Kier molecular flexibility index (Phi) is 7.14. The first kappa shape index (κ1) is 25.6. The second-order valence-electron chi connectivity index (χ2n) is 9.62. The van der Waals surface area contributed by atoms with E-state index in [9.17, 15) is 14.0 Å². The van der Waals surface area contributed by atoms with E-state index in [0.717, 1.165) is 29.5 Å². The molecule has 0 saturated carbocycles. The minimum Gasteiger partial charge on any atom is -0.341 e. The lowest BCUT2D eigenvalue weighted by molar-refractivity contribution is -0.130. The van der Waals surface area contributed by atoms with Crippen molar-refractivity contribution >= 4 is 41.0 Å². The van der Waals surface area contributed by atoms with Gasteiger partial charge in [-0.05, 0) is 48.7 Å². The van der Waals surface area contributed by atoms with E-state index in [4.69, 9.17) is 16.7 Å². The van der Waals surface area contributed by atoms with Crippen LogP contribution in [0, 0.1) is 5.82 Å². The summed E-state index contributed by atoms with van der Waals surface area (Å²) in [5, 5.41) is 5.28. The van der Waals surface area contributed by atoms with E-state index in [0.29, 0.717) is 35.3 Å². The summed E-state index contributed by atoms with van der Waals surface area (Å²) in [5.41, 5.74) is 3.80. The lowest BCUT2D eigenvalue weighted by Crippen LogP contribution is -2.43. The van der Waals surface area contributed by atoms with Crippen molar-refractivity contribution in [1.82, 2.24) is 14.7 Å². The van der Waals surface area contributed by atoms with Gasteiger partial charge in [0.15, 0.2) is 0 Å². The van der Waals surface area contributed by atoms with Crippen molar-refractivity contribution in [2.24, 2.45) is 0 Å². The van der Waals surface area contributed by atoms with Gasteiger partial charge < -0.3 is 4.90 Å². The van der Waals surface area contributed by atoms with E-state index in [1.807, 2.05) is 59.5 Å². The number of fused-ring (bicyclic) bond motifs is 1. The molecule has 0 radical (unpaired) electrons. The monoisotopic (exact) mass is 560 g/mol. The van der Waals surface area contributed by atoms with Gasteiger partial charge in [-0.15, -0.1) is 11.8 Å². The van der Waals surface area contributed by atoms with Crippen LogP contribution in [0.5, 0.6) is 0 Å². The van der Waals surface area contributed by atoms with E-state index >= 15 is 0 Å². The standard InChI is InChI=1S/C30H26ClFN4O2S/c31-24-11-5-4-10-23(24)29-27-28(20-8-2-1-3-9-20)33-36(22-14-12-21(32)13-15-22)30(27)35(26(38)19-39-29)18-25(37)34-16-6-7-17-34/h1-5,8-15,29H,6-7,16-19H2. The van der Waals surface area contributed by atoms with Crippen molar-refractivity contribution < 1.29 is 14.0 Å². The van der Waals surface area contributed by atoms with Crippen LogP contribution in [0.2, 0.25) is 5.02 Å². The molecule has 3 aromatic carbocycles. The molecule has 0 aliphatic carbocycles. The number of hydrogen-bond donors (Lipinski definition) is 0. The molecule has 1 atom stereocenters. The molecule has 198 valence electrons. The maximum Gasteiger partial charge on any atom is 0.242 e. The number of thioether (sulfide) groups is 1. The second kappa shape index (κ2) is 10.9. The topological polar surface area (TPSA) is 58.4 Å². The SMILES string of the molecule is O=C(CN1C(=O)CSC(c2ccccc2Cl)c2c(-c3ccccc3)nn(-c3ccc(F)cc3)c21)N1CCCC1. The summed E-state index contributed by atoms with van der Waals surface area (Å²) in [6.07, 6.45) is 1.92. The molecule has 6 nitrogen and oxygen atoms in total. The number of carbonyl (C=O) groups is 2. The first-order valence-corrected chi connectivity index (χ1v) is 14.3. The molecule has 0 spiro atoms. The summed E-state index contributed by atoms with van der Waals surface area (Å²) in [6, 6.07) is 23.3. The molecule has 1 unspecified atom stereocenters. The van der Waals surface area contributed by atoms with Crippen LogP contribution in [-0.4, -0.2) is 51.9 Å². The number of halogens is 2. The quantitative estimate of drug-likeness (QED) is 0.295. The van der Waals surface area contributed by atoms with Gasteiger partial charge in [-0.1, -0.05) is 60.1 Å². The van der Waals surface area contributed by atoms with Gasteiger partial charge in [-0.25, -0.2) is 9.07 Å². The number of aromatic nitrogens is 2. The molecule has 1 saturated heterocycles. The van der Waals surface area contributed by atoms with Crippen molar-refractivity contribution in [2.75, 3.05) is 30.3 Å². The molecule has 0 N–H and O–H groups in total. The number of anilines is 1. The molecular weight excluding hydrogens is 535 g/mol. The molecule has 2 aliphatic heterocycles. The Morgan fingerprint density at radius 3 is 2.38 bits per heavy atom. The maximum absolute atomic E-state index is 13.9. The molecular formula is C30H26ClFN4O2S. The Morgan fingerprint density at radius 2 is 1.67 bits per heavy atom. The third kappa shape index (κ3) is 4.94. The van der Waals surface area contributed by atoms with Crippen molar-refractivity contribution in [1.29, 1.82) is 0 Å². The van der Waals surface area contributed by atoms with Crippen LogP contribution >= 0.6 is 23.4 Å². The van der Waals surface area contributed by atoms with Crippen LogP contribution in [0.3, 0.4) is 0 Å². The van der Waals surface area contributed by atoms with Crippen molar-refractivity contribution in [3.63, 3.8) is 0 Å². The van der Waals surface area contributed by atoms with Gasteiger partial charge in [0.2, 0.25) is 11.8 Å². The molecule has 2 amide bonds. The maximum atomic E-state index is 13.9. The molecule has 9 heteroatoms. The molecule has 2 aliphatic rings. The Hall–Kier alpha value is -3.62. The van der Waals surface area contributed by atoms with Gasteiger partial charge in [0.05, 0.1) is 22.4 Å². The summed E-state index contributed by atoms with van der Waals surface area (Å²) < 4.78 is 15.6. The third-order valence-corrected chi connectivity index (χ3v) is 8.73. The lowest BCUT2D eigenvalue weighted by atomic mass is 9.99. The Bertz CT molecular complexity index is 1520. The highest BCUT2D eigenvalue weighted by Gasteiger charge is 2.39. The minimum absolute atomic E-state index is 0.0945. The Morgan fingerprint density at radius 1 is 0.974 bits per heavy atom. The van der Waals surface area contributed by atoms with Crippen molar-refractivity contribution in [2.45, 2.75) is 18.1 Å². The zero-order valence-corrected chi connectivity index (χ0v) is 22.7. The summed E-state index contributed by atoms with van der Waals surface area (Å²) in [7, 11) is 0. The number of hydrogen-bond acceptors (Lipinski definition) is 4. The summed E-state index contributed by atoms with van der Waals surface area (Å²) >= 11 is 8.19. The number of nitrogens with zero attached hydrogens (tertiary/aromatic N) is 4. The summed E-state index contributed by atoms with van der Waals surface area (Å²) in [4.78, 5) is 30.5. The summed E-state index contributed by atoms with van der Waals surface area (Å²) in [5.74, 6) is 0.0114. The summed E-state index contributed by atoms with van der Waals surface area (Å²) in [6.45, 7) is 1.29. The number of amides is 2. The first-order chi connectivity index (χ1) is 19.0. The number of carbonyl (C=O) groups excluding carboxylic acids is 2. The highest BCUT2D eigenvalue weighted by atomic mass is 35.5. The van der Waals surface area contributed by atoms with Gasteiger partial charge >= 0.3 is 0 Å². The zero-order chi connectivity index (χ0) is 26.9. The fourth-order valence-electron chi connectivity index (χ4n) is 5.23. The zero-order valence-electron chi connectivity index (χ0n) is 21.1. The van der Waals surface area contributed by atoms with E-state index in [1.165, 1.54) is 23.9 Å². The first-order valence-electron chi connectivity index (χ1n) is 12.9. The normalized spacial score (nSPS) is 17.3. The number of likely N-dealkylation sites (tertiary alicyclic amines) is 1.